The lowest BCUT2D eigenvalue weighted by Crippen LogP contribution is -2.30. The summed E-state index contributed by atoms with van der Waals surface area (Å²) in [5, 5.41) is 1.13. The van der Waals surface area contributed by atoms with E-state index in [1.807, 2.05) is 12.1 Å². The normalized spacial score (nSPS) is 11.2. The van der Waals surface area contributed by atoms with Crippen molar-refractivity contribution in [2.75, 3.05) is 17.6 Å². The third-order valence-corrected chi connectivity index (χ3v) is 6.52. The van der Waals surface area contributed by atoms with Gasteiger partial charge in [-0.15, -0.1) is 0 Å². The van der Waals surface area contributed by atoms with Crippen LogP contribution in [0.5, 0.6) is 0 Å². The van der Waals surface area contributed by atoms with Crippen LogP contribution in [0.3, 0.4) is 0 Å². The molecule has 0 saturated carbocycles. The van der Waals surface area contributed by atoms with Gasteiger partial charge >= 0.3 is 0 Å². The van der Waals surface area contributed by atoms with Crippen molar-refractivity contribution in [1.29, 1.82) is 0 Å². The van der Waals surface area contributed by atoms with Crippen molar-refractivity contribution in [2.45, 2.75) is 13.1 Å². The van der Waals surface area contributed by atoms with E-state index < -0.39 is 10.0 Å². The average Bonchev–Trinajstić information content (AvgIpc) is 2.73. The number of carbonyl (C=O) groups excluding carboxylic acids is 1. The molecule has 0 heterocycles. The van der Waals surface area contributed by atoms with E-state index in [-0.39, 0.29) is 12.5 Å². The van der Waals surface area contributed by atoms with Crippen LogP contribution in [-0.2, 0) is 23.1 Å². The minimum atomic E-state index is -3.56. The van der Waals surface area contributed by atoms with Crippen molar-refractivity contribution >= 4 is 44.8 Å². The van der Waals surface area contributed by atoms with Gasteiger partial charge in [-0.2, -0.15) is 0 Å². The van der Waals surface area contributed by atoms with Crippen molar-refractivity contribution in [2.24, 2.45) is 0 Å². The van der Waals surface area contributed by atoms with E-state index in [0.29, 0.717) is 33.4 Å². The Kier molecular flexibility index (Phi) is 7.26. The van der Waals surface area contributed by atoms with Gasteiger partial charge < -0.3 is 4.90 Å². The molecular weight excluding hydrogens is 455 g/mol. The van der Waals surface area contributed by atoms with Gasteiger partial charge in [-0.05, 0) is 53.6 Å². The Balaban J connectivity index is 1.78. The molecule has 0 saturated heterocycles. The van der Waals surface area contributed by atoms with Crippen LogP contribution in [0.4, 0.5) is 5.69 Å². The zero-order valence-electron chi connectivity index (χ0n) is 17.1. The van der Waals surface area contributed by atoms with Crippen LogP contribution in [0, 0.1) is 0 Å². The fourth-order valence-electron chi connectivity index (χ4n) is 3.11. The standard InChI is InChI=1S/C23H22Cl2N2O3S/c1-26(15-17-7-11-20(24)12-8-17)23(28)18-9-13-21(14-10-18)27(31(2,29)30)16-19-5-3-4-6-22(19)25/h3-14H,15-16H2,1-2H3. The smallest absolute Gasteiger partial charge is 0.253 e. The summed E-state index contributed by atoms with van der Waals surface area (Å²) in [4.78, 5) is 14.4. The number of rotatable bonds is 7. The van der Waals surface area contributed by atoms with Gasteiger partial charge in [-0.1, -0.05) is 53.5 Å². The number of halogens is 2. The second kappa shape index (κ2) is 9.73. The first-order valence-corrected chi connectivity index (χ1v) is 12.1. The summed E-state index contributed by atoms with van der Waals surface area (Å²) in [6.07, 6.45) is 1.14. The summed E-state index contributed by atoms with van der Waals surface area (Å²) in [6.45, 7) is 0.530. The lowest BCUT2D eigenvalue weighted by atomic mass is 10.1. The number of hydrogen-bond donors (Lipinski definition) is 0. The van der Waals surface area contributed by atoms with Crippen molar-refractivity contribution in [3.05, 3.63) is 99.5 Å². The quantitative estimate of drug-likeness (QED) is 0.468. The maximum atomic E-state index is 12.8. The number of sulfonamides is 1. The van der Waals surface area contributed by atoms with Crippen LogP contribution in [-0.4, -0.2) is 32.5 Å². The van der Waals surface area contributed by atoms with Gasteiger partial charge in [-0.25, -0.2) is 8.42 Å². The van der Waals surface area contributed by atoms with Gasteiger partial charge in [0.05, 0.1) is 18.5 Å². The van der Waals surface area contributed by atoms with E-state index in [2.05, 4.69) is 0 Å². The number of benzene rings is 3. The van der Waals surface area contributed by atoms with E-state index in [4.69, 9.17) is 23.2 Å². The summed E-state index contributed by atoms with van der Waals surface area (Å²) in [7, 11) is -1.84. The Hall–Kier alpha value is -2.54. The summed E-state index contributed by atoms with van der Waals surface area (Å²) >= 11 is 12.1. The van der Waals surface area contributed by atoms with Crippen molar-refractivity contribution in [3.63, 3.8) is 0 Å². The summed E-state index contributed by atoms with van der Waals surface area (Å²) in [5.41, 5.74) is 2.57. The molecular formula is C23H22Cl2N2O3S. The molecule has 5 nitrogen and oxygen atoms in total. The van der Waals surface area contributed by atoms with Gasteiger partial charge in [-0.3, -0.25) is 9.10 Å². The maximum absolute atomic E-state index is 12.8. The largest absolute Gasteiger partial charge is 0.337 e. The molecule has 3 aromatic carbocycles. The minimum Gasteiger partial charge on any atom is -0.337 e. The minimum absolute atomic E-state index is 0.0995. The van der Waals surface area contributed by atoms with E-state index in [1.165, 1.54) is 4.31 Å². The lowest BCUT2D eigenvalue weighted by molar-refractivity contribution is 0.0785. The van der Waals surface area contributed by atoms with E-state index in [0.717, 1.165) is 11.8 Å². The molecule has 0 fully saturated rings. The molecule has 1 amide bonds. The molecule has 0 aliphatic carbocycles. The van der Waals surface area contributed by atoms with Crippen LogP contribution >= 0.6 is 23.2 Å². The first-order valence-electron chi connectivity index (χ1n) is 9.46. The molecule has 0 N–H and O–H groups in total. The highest BCUT2D eigenvalue weighted by Gasteiger charge is 2.20. The SMILES string of the molecule is CN(Cc1ccc(Cl)cc1)C(=O)c1ccc(N(Cc2ccccc2Cl)S(C)(=O)=O)cc1. The van der Waals surface area contributed by atoms with Gasteiger partial charge in [0, 0.05) is 29.2 Å². The molecule has 8 heteroatoms. The first-order chi connectivity index (χ1) is 14.6. The highest BCUT2D eigenvalue weighted by atomic mass is 35.5. The summed E-state index contributed by atoms with van der Waals surface area (Å²) in [6, 6.07) is 20.9. The van der Waals surface area contributed by atoms with Crippen molar-refractivity contribution < 1.29 is 13.2 Å². The van der Waals surface area contributed by atoms with Gasteiger partial charge in [0.2, 0.25) is 10.0 Å². The number of amides is 1. The van der Waals surface area contributed by atoms with Crippen LogP contribution in [0.15, 0.2) is 72.8 Å². The predicted molar refractivity (Wildman–Crippen MR) is 126 cm³/mol. The van der Waals surface area contributed by atoms with Crippen LogP contribution in [0.2, 0.25) is 10.0 Å². The Morgan fingerprint density at radius 2 is 1.48 bits per heavy atom. The van der Waals surface area contributed by atoms with E-state index in [9.17, 15) is 13.2 Å². The molecule has 0 radical (unpaired) electrons. The number of hydrogen-bond acceptors (Lipinski definition) is 3. The zero-order chi connectivity index (χ0) is 22.6. The fourth-order valence-corrected chi connectivity index (χ4v) is 4.31. The highest BCUT2D eigenvalue weighted by Crippen LogP contribution is 2.25. The van der Waals surface area contributed by atoms with Gasteiger partial charge in [0.1, 0.15) is 0 Å². The van der Waals surface area contributed by atoms with Crippen LogP contribution in [0.25, 0.3) is 0 Å². The molecule has 162 valence electrons. The zero-order valence-corrected chi connectivity index (χ0v) is 19.5. The molecule has 0 aliphatic rings. The van der Waals surface area contributed by atoms with E-state index >= 15 is 0 Å². The third kappa shape index (κ3) is 6.00. The first kappa shape index (κ1) is 23.1. The average molecular weight is 477 g/mol. The molecule has 3 aromatic rings. The van der Waals surface area contributed by atoms with E-state index in [1.54, 1.807) is 72.6 Å². The predicted octanol–water partition coefficient (Wildman–Crippen LogP) is 5.23. The van der Waals surface area contributed by atoms with Gasteiger partial charge in [0.25, 0.3) is 5.91 Å². The molecule has 0 spiro atoms. The number of nitrogens with zero attached hydrogens (tertiary/aromatic N) is 2. The highest BCUT2D eigenvalue weighted by molar-refractivity contribution is 7.92. The van der Waals surface area contributed by atoms with Crippen molar-refractivity contribution in [1.82, 2.24) is 4.90 Å². The van der Waals surface area contributed by atoms with Crippen LogP contribution in [0.1, 0.15) is 21.5 Å². The Morgan fingerprint density at radius 3 is 2.06 bits per heavy atom. The third-order valence-electron chi connectivity index (χ3n) is 4.75. The molecule has 0 unspecified atom stereocenters. The van der Waals surface area contributed by atoms with Gasteiger partial charge in [0.15, 0.2) is 0 Å². The number of carbonyl (C=O) groups is 1. The number of anilines is 1. The molecule has 0 aromatic heterocycles. The molecule has 0 bridgehead atoms. The topological polar surface area (TPSA) is 57.7 Å². The molecule has 0 aliphatic heterocycles. The maximum Gasteiger partial charge on any atom is 0.253 e. The fraction of sp³-hybridized carbons (Fsp3) is 0.174. The Labute approximate surface area is 192 Å². The molecule has 0 atom stereocenters. The second-order valence-electron chi connectivity index (χ2n) is 7.20. The summed E-state index contributed by atoms with van der Waals surface area (Å²) in [5.74, 6) is -0.168. The molecule has 3 rings (SSSR count). The van der Waals surface area contributed by atoms with Crippen molar-refractivity contribution in [3.8, 4) is 0 Å². The second-order valence-corrected chi connectivity index (χ2v) is 9.95. The monoisotopic (exact) mass is 476 g/mol. The van der Waals surface area contributed by atoms with Crippen LogP contribution < -0.4 is 4.31 Å². The summed E-state index contributed by atoms with van der Waals surface area (Å²) < 4.78 is 26.1. The lowest BCUT2D eigenvalue weighted by Gasteiger charge is -2.23. The Bertz CT molecular complexity index is 1160. The Morgan fingerprint density at radius 1 is 0.871 bits per heavy atom. The molecule has 31 heavy (non-hydrogen) atoms.